The Morgan fingerprint density at radius 3 is 0.867 bits per heavy atom. The highest BCUT2D eigenvalue weighted by molar-refractivity contribution is 7.00. The molecule has 3 rings (SSSR count). The van der Waals surface area contributed by atoms with Crippen molar-refractivity contribution < 1.29 is 0 Å². The van der Waals surface area contributed by atoms with Gasteiger partial charge in [0.2, 0.25) is 0 Å². The van der Waals surface area contributed by atoms with E-state index in [0.717, 1.165) is 48.8 Å². The molecule has 456 valence electrons. The molecule has 3 aromatic carbocycles. The molecule has 0 saturated carbocycles. The average molecular weight is 1140 g/mol. The van der Waals surface area contributed by atoms with E-state index in [2.05, 4.69) is 139 Å². The Morgan fingerprint density at radius 1 is 0.349 bits per heavy atom. The van der Waals surface area contributed by atoms with Crippen LogP contribution < -0.4 is 5.19 Å². The molecule has 0 amide bonds. The van der Waals surface area contributed by atoms with Crippen LogP contribution in [0.25, 0.3) is 0 Å². The van der Waals surface area contributed by atoms with Crippen molar-refractivity contribution in [3.8, 4) is 53.6 Å². The average Bonchev–Trinajstić information content (AvgIpc) is 3.50. The Morgan fingerprint density at radius 2 is 0.602 bits per heavy atom. The summed E-state index contributed by atoms with van der Waals surface area (Å²) >= 11 is 0. The Balaban J connectivity index is 2.07. The normalized spacial score (nSPS) is 11.2. The number of nitrogens with zero attached hydrogens (tertiary/aromatic N) is 1. The van der Waals surface area contributed by atoms with Crippen LogP contribution in [0.3, 0.4) is 0 Å². The van der Waals surface area contributed by atoms with Crippen molar-refractivity contribution >= 4 is 13.3 Å². The zero-order valence-corrected chi connectivity index (χ0v) is 56.4. The number of hydrogen-bond donors (Lipinski definition) is 0. The maximum atomic E-state index is 9.72. The molecule has 0 radical (unpaired) electrons. The second-order valence-electron chi connectivity index (χ2n) is 25.8. The molecule has 0 aliphatic carbocycles. The van der Waals surface area contributed by atoms with E-state index in [4.69, 9.17) is 6.42 Å². The van der Waals surface area contributed by atoms with E-state index >= 15 is 0 Å². The molecule has 0 unspecified atom stereocenters. The number of benzene rings is 3. The summed E-state index contributed by atoms with van der Waals surface area (Å²) in [6, 6.07) is 20.4. The van der Waals surface area contributed by atoms with Crippen molar-refractivity contribution in [2.24, 2.45) is 0 Å². The lowest BCUT2D eigenvalue weighted by atomic mass is 9.92. The summed E-state index contributed by atoms with van der Waals surface area (Å²) in [5.41, 5.74) is 15.4. The summed E-state index contributed by atoms with van der Waals surface area (Å²) < 4.78 is 0. The molecule has 0 N–H and O–H groups in total. The molecule has 0 spiro atoms. The largest absolute Gasteiger partial charge is 0.192 e. The minimum Gasteiger partial charge on any atom is -0.192 e. The molecule has 2 heteroatoms. The van der Waals surface area contributed by atoms with E-state index in [1.807, 2.05) is 12.1 Å². The lowest BCUT2D eigenvalue weighted by Gasteiger charge is -2.34. The van der Waals surface area contributed by atoms with Crippen LogP contribution in [0.1, 0.15) is 362 Å². The predicted octanol–water partition coefficient (Wildman–Crippen LogP) is 23.9. The second kappa shape index (κ2) is 47.8. The minimum atomic E-state index is -2.36. The molecule has 1 nitrogen and oxygen atoms in total. The number of nitriles is 1. The first-order valence-electron chi connectivity index (χ1n) is 35.5. The van der Waals surface area contributed by atoms with Gasteiger partial charge in [-0.25, -0.2) is 0 Å². The summed E-state index contributed by atoms with van der Waals surface area (Å²) in [5, 5.41) is 11.1. The van der Waals surface area contributed by atoms with Gasteiger partial charge in [0.1, 0.15) is 0 Å². The van der Waals surface area contributed by atoms with E-state index in [1.54, 1.807) is 0 Å². The molecule has 0 aromatic heterocycles. The Labute approximate surface area is 516 Å². The molecule has 0 bridgehead atoms. The summed E-state index contributed by atoms with van der Waals surface area (Å²) in [6.07, 6.45) is 63.4. The number of hydrogen-bond acceptors (Lipinski definition) is 1. The van der Waals surface area contributed by atoms with Gasteiger partial charge in [-0.1, -0.05) is 322 Å². The molecular formula is C81H123NSi. The molecule has 0 fully saturated rings. The van der Waals surface area contributed by atoms with E-state index in [1.165, 1.54) is 283 Å². The van der Waals surface area contributed by atoms with Crippen LogP contribution in [-0.2, 0) is 25.7 Å². The monoisotopic (exact) mass is 1140 g/mol. The highest BCUT2D eigenvalue weighted by atomic mass is 28.3. The number of aryl methyl sites for hydroxylation is 4. The van der Waals surface area contributed by atoms with Gasteiger partial charge < -0.3 is 0 Å². The van der Waals surface area contributed by atoms with Gasteiger partial charge in [-0.2, -0.15) is 5.26 Å². The first kappa shape index (κ1) is 72.9. The van der Waals surface area contributed by atoms with Crippen molar-refractivity contribution in [3.63, 3.8) is 0 Å². The summed E-state index contributed by atoms with van der Waals surface area (Å²) in [6.45, 7) is 18.7. The van der Waals surface area contributed by atoms with Crippen LogP contribution in [0, 0.1) is 58.8 Å². The topological polar surface area (TPSA) is 23.8 Å². The third-order valence-electron chi connectivity index (χ3n) is 18.2. The van der Waals surface area contributed by atoms with Crippen LogP contribution in [-0.4, -0.2) is 8.07 Å². The molecule has 0 aliphatic heterocycles. The van der Waals surface area contributed by atoms with Crippen molar-refractivity contribution in [1.82, 2.24) is 0 Å². The molecule has 0 saturated heterocycles. The third kappa shape index (κ3) is 30.5. The molecule has 0 atom stereocenters. The molecule has 83 heavy (non-hydrogen) atoms. The Bertz CT molecular complexity index is 2430. The van der Waals surface area contributed by atoms with E-state index < -0.39 is 8.07 Å². The zero-order valence-electron chi connectivity index (χ0n) is 55.4. The van der Waals surface area contributed by atoms with Gasteiger partial charge >= 0.3 is 0 Å². The van der Waals surface area contributed by atoms with Gasteiger partial charge in [-0.05, 0) is 138 Å². The highest BCUT2D eigenvalue weighted by Gasteiger charge is 2.41. The van der Waals surface area contributed by atoms with Gasteiger partial charge in [0.05, 0.1) is 11.6 Å². The lowest BCUT2D eigenvalue weighted by Crippen LogP contribution is -2.52. The van der Waals surface area contributed by atoms with Gasteiger partial charge in [0.25, 0.3) is 0 Å². The van der Waals surface area contributed by atoms with Crippen molar-refractivity contribution in [3.05, 3.63) is 98.6 Å². The quantitative estimate of drug-likeness (QED) is 0.0314. The standard InChI is InChI=1S/C81H123NSi/c1-10-15-19-23-27-31-35-39-43-47-53-74-66-77(75(65-73(74)14-5)54-48-44-40-36-32-28-24-20-16-11-2)57-51-52-58-78-67-79(56-50-46-42-38-34-30-26-22-18-13-4)80(68-76(78)55-49-45-41-37-33-29-25-21-17-12-3)63-64-83(70(6)7,71(8)9)81-61-59-72(69-82)60-62-81/h5,59-62,65-68,70-71H,10-13,15-50,53-56H2,1-4,6-9H3. The summed E-state index contributed by atoms with van der Waals surface area (Å²) in [5.74, 6) is 21.4. The molecular weight excluding hydrogens is 1010 g/mol. The second-order valence-corrected chi connectivity index (χ2v) is 30.7. The zero-order chi connectivity index (χ0) is 59.9. The number of unbranched alkanes of at least 4 members (excludes halogenated alkanes) is 36. The minimum absolute atomic E-state index is 0.414. The summed E-state index contributed by atoms with van der Waals surface area (Å²) in [7, 11) is -2.36. The molecule has 0 heterocycles. The highest BCUT2D eigenvalue weighted by Crippen LogP contribution is 2.33. The van der Waals surface area contributed by atoms with Crippen LogP contribution in [0.15, 0.2) is 48.5 Å². The smallest absolute Gasteiger partial charge is 0.174 e. The SMILES string of the molecule is C#Cc1cc(CCCCCCCCCCCC)c(C#CC#Cc2cc(CCCCCCCCCCCC)c(C#C[Si](c3ccc(C#N)cc3)(C(C)C)C(C)C)cc2CCCCCCCCCCCC)cc1CCCCCCCCCCCC. The van der Waals surface area contributed by atoms with Crippen LogP contribution in [0.4, 0.5) is 0 Å². The van der Waals surface area contributed by atoms with E-state index in [9.17, 15) is 5.26 Å². The third-order valence-corrected chi connectivity index (χ3v) is 23.7. The van der Waals surface area contributed by atoms with Crippen molar-refractivity contribution in [2.75, 3.05) is 0 Å². The Hall–Kier alpha value is -4.39. The maximum absolute atomic E-state index is 9.72. The van der Waals surface area contributed by atoms with E-state index in [-0.39, 0.29) is 0 Å². The number of terminal acetylenes is 1. The van der Waals surface area contributed by atoms with Crippen LogP contribution in [0.2, 0.25) is 11.1 Å². The fourth-order valence-corrected chi connectivity index (χ4v) is 17.2. The first-order chi connectivity index (χ1) is 40.7. The van der Waals surface area contributed by atoms with Crippen molar-refractivity contribution in [1.29, 1.82) is 5.26 Å². The Kier molecular flexibility index (Phi) is 42.0. The molecule has 3 aromatic rings. The lowest BCUT2D eigenvalue weighted by molar-refractivity contribution is 0.555. The first-order valence-corrected chi connectivity index (χ1v) is 37.7. The van der Waals surface area contributed by atoms with Crippen LogP contribution in [0.5, 0.6) is 0 Å². The van der Waals surface area contributed by atoms with E-state index in [0.29, 0.717) is 16.6 Å². The fraction of sp³-hybridized carbons (Fsp3) is 0.667. The fourth-order valence-electron chi connectivity index (χ4n) is 12.8. The summed E-state index contributed by atoms with van der Waals surface area (Å²) in [4.78, 5) is 0. The molecule has 0 aliphatic rings. The van der Waals surface area contributed by atoms with Crippen molar-refractivity contribution in [2.45, 2.75) is 349 Å². The van der Waals surface area contributed by atoms with Crippen LogP contribution >= 0.6 is 0 Å². The van der Waals surface area contributed by atoms with Gasteiger partial charge in [-0.15, -0.1) is 12.0 Å². The van der Waals surface area contributed by atoms with Gasteiger partial charge in [0.15, 0.2) is 8.07 Å². The predicted molar refractivity (Wildman–Crippen MR) is 370 cm³/mol. The number of rotatable bonds is 47. The van der Waals surface area contributed by atoms with Gasteiger partial charge in [-0.3, -0.25) is 0 Å². The maximum Gasteiger partial charge on any atom is 0.174 e. The van der Waals surface area contributed by atoms with Gasteiger partial charge in [0, 0.05) is 22.3 Å².